The molecule has 2 aliphatic heterocycles. The number of morpholine rings is 1. The van der Waals surface area contributed by atoms with Crippen molar-refractivity contribution >= 4 is 23.7 Å². The fourth-order valence-electron chi connectivity index (χ4n) is 3.29. The molecule has 0 aromatic heterocycles. The molecule has 0 atom stereocenters. The van der Waals surface area contributed by atoms with Crippen LogP contribution in [0, 0.1) is 0 Å². The predicted octanol–water partition coefficient (Wildman–Crippen LogP) is 0.463. The first-order chi connectivity index (χ1) is 12.5. The first-order valence-electron chi connectivity index (χ1n) is 8.41. The van der Waals surface area contributed by atoms with E-state index >= 15 is 0 Å². The Labute approximate surface area is 150 Å². The minimum Gasteiger partial charge on any atom is -0.465 e. The largest absolute Gasteiger partial charge is 0.465 e. The highest BCUT2D eigenvalue weighted by atomic mass is 16.5. The number of methoxy groups -OCH3 is 1. The fourth-order valence-corrected chi connectivity index (χ4v) is 3.29. The maximum absolute atomic E-state index is 12.6. The Hall–Kier alpha value is -2.74. The average molecular weight is 360 g/mol. The van der Waals surface area contributed by atoms with E-state index in [1.165, 1.54) is 12.0 Å². The zero-order valence-electron chi connectivity index (χ0n) is 14.5. The zero-order valence-corrected chi connectivity index (χ0v) is 14.5. The standard InChI is InChI=1S/C18H20N2O6/c1-25-18(24)13-4-2-12(3-5-13)17(23)19-8-6-14(7-9-19)20-15(21)10-26-11-16(20)22/h2-5,14H,6-11H2,1H3. The third-order valence-corrected chi connectivity index (χ3v) is 4.66. The maximum Gasteiger partial charge on any atom is 0.337 e. The smallest absolute Gasteiger partial charge is 0.337 e. The second-order valence-electron chi connectivity index (χ2n) is 6.24. The van der Waals surface area contributed by atoms with Crippen molar-refractivity contribution in [2.45, 2.75) is 18.9 Å². The summed E-state index contributed by atoms with van der Waals surface area (Å²) in [6.45, 7) is 0.773. The molecule has 8 heteroatoms. The lowest BCUT2D eigenvalue weighted by molar-refractivity contribution is -0.162. The zero-order chi connectivity index (χ0) is 18.7. The van der Waals surface area contributed by atoms with Gasteiger partial charge in [-0.3, -0.25) is 19.3 Å². The second-order valence-corrected chi connectivity index (χ2v) is 6.24. The first kappa shape index (κ1) is 18.1. The number of likely N-dealkylation sites (tertiary alicyclic amines) is 1. The molecule has 2 aliphatic rings. The molecule has 8 nitrogen and oxygen atoms in total. The summed E-state index contributed by atoms with van der Waals surface area (Å²) in [5.74, 6) is -1.22. The molecule has 0 N–H and O–H groups in total. The summed E-state index contributed by atoms with van der Waals surface area (Å²) >= 11 is 0. The van der Waals surface area contributed by atoms with E-state index in [0.29, 0.717) is 37.1 Å². The Balaban J connectivity index is 1.60. The molecule has 1 aromatic rings. The number of piperidine rings is 1. The molecule has 0 aliphatic carbocycles. The molecule has 138 valence electrons. The van der Waals surface area contributed by atoms with Crippen molar-refractivity contribution in [3.05, 3.63) is 35.4 Å². The normalized spacial score (nSPS) is 18.8. The van der Waals surface area contributed by atoms with Gasteiger partial charge in [0, 0.05) is 24.7 Å². The lowest BCUT2D eigenvalue weighted by atomic mass is 10.0. The molecule has 0 bridgehead atoms. The van der Waals surface area contributed by atoms with Crippen molar-refractivity contribution in [3.63, 3.8) is 0 Å². The van der Waals surface area contributed by atoms with Gasteiger partial charge in [-0.05, 0) is 37.1 Å². The van der Waals surface area contributed by atoms with Crippen LogP contribution < -0.4 is 0 Å². The third-order valence-electron chi connectivity index (χ3n) is 4.66. The number of hydrogen-bond acceptors (Lipinski definition) is 6. The van der Waals surface area contributed by atoms with E-state index in [0.717, 1.165) is 0 Å². The van der Waals surface area contributed by atoms with E-state index in [-0.39, 0.29) is 37.0 Å². The van der Waals surface area contributed by atoms with Crippen molar-refractivity contribution < 1.29 is 28.7 Å². The highest BCUT2D eigenvalue weighted by Gasteiger charge is 2.35. The number of benzene rings is 1. The molecule has 2 fully saturated rings. The fraction of sp³-hybridized carbons (Fsp3) is 0.444. The Bertz CT molecular complexity index is 706. The number of nitrogens with zero attached hydrogens (tertiary/aromatic N) is 2. The SMILES string of the molecule is COC(=O)c1ccc(C(=O)N2CCC(N3C(=O)COCC3=O)CC2)cc1. The molecule has 3 rings (SSSR count). The molecule has 2 heterocycles. The van der Waals surface area contributed by atoms with Gasteiger partial charge in [0.1, 0.15) is 13.2 Å². The topological polar surface area (TPSA) is 93.2 Å². The van der Waals surface area contributed by atoms with Crippen LogP contribution >= 0.6 is 0 Å². The van der Waals surface area contributed by atoms with Gasteiger partial charge in [0.25, 0.3) is 17.7 Å². The number of hydrogen-bond donors (Lipinski definition) is 0. The number of carbonyl (C=O) groups excluding carboxylic acids is 4. The Morgan fingerprint density at radius 2 is 1.54 bits per heavy atom. The van der Waals surface area contributed by atoms with E-state index in [2.05, 4.69) is 4.74 Å². The van der Waals surface area contributed by atoms with Gasteiger partial charge in [0.05, 0.1) is 12.7 Å². The lowest BCUT2D eigenvalue weighted by Gasteiger charge is -2.38. The van der Waals surface area contributed by atoms with Gasteiger partial charge < -0.3 is 14.4 Å². The van der Waals surface area contributed by atoms with E-state index < -0.39 is 5.97 Å². The van der Waals surface area contributed by atoms with Crippen molar-refractivity contribution in [1.29, 1.82) is 0 Å². The summed E-state index contributed by atoms with van der Waals surface area (Å²) < 4.78 is 9.57. The van der Waals surface area contributed by atoms with Gasteiger partial charge in [-0.25, -0.2) is 4.79 Å². The Kier molecular flexibility index (Phi) is 5.32. The second kappa shape index (κ2) is 7.65. The van der Waals surface area contributed by atoms with Gasteiger partial charge in [0.2, 0.25) is 0 Å². The highest BCUT2D eigenvalue weighted by molar-refractivity contribution is 5.99. The number of carbonyl (C=O) groups is 4. The third kappa shape index (κ3) is 3.60. The van der Waals surface area contributed by atoms with Crippen LogP contribution in [-0.4, -0.2) is 72.9 Å². The molecule has 0 unspecified atom stereocenters. The van der Waals surface area contributed by atoms with Gasteiger partial charge in [-0.1, -0.05) is 0 Å². The van der Waals surface area contributed by atoms with Crippen LogP contribution in [0.4, 0.5) is 0 Å². The van der Waals surface area contributed by atoms with E-state index in [4.69, 9.17) is 4.74 Å². The quantitative estimate of drug-likeness (QED) is 0.574. The highest BCUT2D eigenvalue weighted by Crippen LogP contribution is 2.21. The van der Waals surface area contributed by atoms with Crippen LogP contribution in [-0.2, 0) is 19.1 Å². The predicted molar refractivity (Wildman–Crippen MR) is 89.4 cm³/mol. The van der Waals surface area contributed by atoms with Crippen molar-refractivity contribution in [2.24, 2.45) is 0 Å². The van der Waals surface area contributed by atoms with Gasteiger partial charge in [0.15, 0.2) is 0 Å². The number of amides is 3. The molecule has 1 aromatic carbocycles. The van der Waals surface area contributed by atoms with Crippen LogP contribution in [0.25, 0.3) is 0 Å². The minimum absolute atomic E-state index is 0.0720. The molecule has 0 radical (unpaired) electrons. The summed E-state index contributed by atoms with van der Waals surface area (Å²) in [5, 5.41) is 0. The number of rotatable bonds is 3. The Morgan fingerprint density at radius 1 is 1.00 bits per heavy atom. The summed E-state index contributed by atoms with van der Waals surface area (Å²) in [5.41, 5.74) is 0.863. The summed E-state index contributed by atoms with van der Waals surface area (Å²) in [6.07, 6.45) is 1.09. The molecular formula is C18H20N2O6. The molecule has 0 saturated carbocycles. The molecule has 26 heavy (non-hydrogen) atoms. The molecular weight excluding hydrogens is 340 g/mol. The van der Waals surface area contributed by atoms with Crippen LogP contribution in [0.15, 0.2) is 24.3 Å². The molecule has 3 amide bonds. The van der Waals surface area contributed by atoms with E-state index in [9.17, 15) is 19.2 Å². The summed E-state index contributed by atoms with van der Waals surface area (Å²) in [6, 6.07) is 6.10. The van der Waals surface area contributed by atoms with E-state index in [1.807, 2.05) is 0 Å². The van der Waals surface area contributed by atoms with Crippen molar-refractivity contribution in [2.75, 3.05) is 33.4 Å². The van der Waals surface area contributed by atoms with Crippen LogP contribution in [0.1, 0.15) is 33.6 Å². The summed E-state index contributed by atoms with van der Waals surface area (Å²) in [4.78, 5) is 50.9. The van der Waals surface area contributed by atoms with Crippen LogP contribution in [0.5, 0.6) is 0 Å². The lowest BCUT2D eigenvalue weighted by Crippen LogP contribution is -2.55. The van der Waals surface area contributed by atoms with Crippen molar-refractivity contribution in [1.82, 2.24) is 9.80 Å². The molecule has 2 saturated heterocycles. The van der Waals surface area contributed by atoms with Gasteiger partial charge in [-0.2, -0.15) is 0 Å². The number of esters is 1. The van der Waals surface area contributed by atoms with E-state index in [1.54, 1.807) is 29.2 Å². The number of ether oxygens (including phenoxy) is 2. The maximum atomic E-state index is 12.6. The minimum atomic E-state index is -0.454. The van der Waals surface area contributed by atoms with Gasteiger partial charge >= 0.3 is 5.97 Å². The average Bonchev–Trinajstić information content (AvgIpc) is 2.67. The summed E-state index contributed by atoms with van der Waals surface area (Å²) in [7, 11) is 1.30. The molecule has 0 spiro atoms. The van der Waals surface area contributed by atoms with Gasteiger partial charge in [-0.15, -0.1) is 0 Å². The Morgan fingerprint density at radius 3 is 2.08 bits per heavy atom. The number of imide groups is 1. The van der Waals surface area contributed by atoms with Crippen LogP contribution in [0.3, 0.4) is 0 Å². The van der Waals surface area contributed by atoms with Crippen molar-refractivity contribution in [3.8, 4) is 0 Å². The monoisotopic (exact) mass is 360 g/mol. The first-order valence-corrected chi connectivity index (χ1v) is 8.41. The van der Waals surface area contributed by atoms with Crippen LogP contribution in [0.2, 0.25) is 0 Å².